The van der Waals surface area contributed by atoms with Crippen LogP contribution in [0.15, 0.2) is 54.6 Å². The van der Waals surface area contributed by atoms with Gasteiger partial charge in [0.1, 0.15) is 23.4 Å². The van der Waals surface area contributed by atoms with E-state index in [9.17, 15) is 31.9 Å². The normalized spacial score (nSPS) is 12.1. The molecule has 0 unspecified atom stereocenters. The number of rotatable bonds is 10. The van der Waals surface area contributed by atoms with E-state index in [2.05, 4.69) is 15.7 Å². The van der Waals surface area contributed by atoms with Crippen LogP contribution in [0.25, 0.3) is 10.9 Å². The quantitative estimate of drug-likeness (QED) is 0.240. The standard InChI is InChI=1S/C27H26ClF2N5O6S/c1-34-24-21(31-26(36)22(32-27(37)38)12-16-10-17(29)13-18(30)11-16)9-8-20(28)23(24)25(33-34)35(42(3,39)40)14-15-4-6-19(41-2)7-5-15/h4-11,13,22,32H,12,14H2,1-3H3,(H,31,36)(H,37,38)/t22-/m0/s1. The van der Waals surface area contributed by atoms with E-state index >= 15 is 0 Å². The lowest BCUT2D eigenvalue weighted by Crippen LogP contribution is -2.44. The molecule has 222 valence electrons. The summed E-state index contributed by atoms with van der Waals surface area (Å²) in [6.07, 6.45) is -0.865. The molecule has 0 aliphatic carbocycles. The minimum absolute atomic E-state index is 0.00219. The SMILES string of the molecule is COc1ccc(CN(c2nn(C)c3c(NC(=O)[C@H](Cc4cc(F)cc(F)c4)NC(=O)O)ccc(Cl)c23)S(C)(=O)=O)cc1. The molecule has 15 heteroatoms. The van der Waals surface area contributed by atoms with E-state index in [0.29, 0.717) is 17.4 Å². The molecule has 0 bridgehead atoms. The Hall–Kier alpha value is -4.43. The number of carbonyl (C=O) groups is 2. The van der Waals surface area contributed by atoms with Gasteiger partial charge in [0, 0.05) is 19.5 Å². The number of methoxy groups -OCH3 is 1. The number of anilines is 2. The van der Waals surface area contributed by atoms with Gasteiger partial charge in [0.2, 0.25) is 15.9 Å². The Morgan fingerprint density at radius 2 is 1.74 bits per heavy atom. The molecule has 0 fully saturated rings. The highest BCUT2D eigenvalue weighted by Crippen LogP contribution is 2.38. The maximum absolute atomic E-state index is 13.7. The zero-order chi connectivity index (χ0) is 30.8. The second kappa shape index (κ2) is 12.2. The van der Waals surface area contributed by atoms with Crippen molar-refractivity contribution in [2.75, 3.05) is 23.0 Å². The molecule has 42 heavy (non-hydrogen) atoms. The highest BCUT2D eigenvalue weighted by molar-refractivity contribution is 7.92. The average molecular weight is 622 g/mol. The van der Waals surface area contributed by atoms with Crippen molar-refractivity contribution in [1.29, 1.82) is 0 Å². The second-order valence-corrected chi connectivity index (χ2v) is 11.7. The van der Waals surface area contributed by atoms with E-state index in [4.69, 9.17) is 16.3 Å². The fourth-order valence-corrected chi connectivity index (χ4v) is 5.48. The third kappa shape index (κ3) is 6.89. The number of aromatic nitrogens is 2. The van der Waals surface area contributed by atoms with Crippen LogP contribution in [0.1, 0.15) is 11.1 Å². The first kappa shape index (κ1) is 30.5. The number of aryl methyl sites for hydroxylation is 1. The second-order valence-electron chi connectivity index (χ2n) is 9.36. The molecule has 0 saturated carbocycles. The van der Waals surface area contributed by atoms with E-state index < -0.39 is 39.7 Å². The van der Waals surface area contributed by atoms with Gasteiger partial charge in [-0.3, -0.25) is 9.48 Å². The Bertz CT molecular complexity index is 1740. The van der Waals surface area contributed by atoms with E-state index in [1.165, 1.54) is 31.0 Å². The Labute approximate surface area is 244 Å². The van der Waals surface area contributed by atoms with Crippen LogP contribution in [-0.4, -0.2) is 54.7 Å². The van der Waals surface area contributed by atoms with Crippen LogP contribution < -0.4 is 19.7 Å². The largest absolute Gasteiger partial charge is 0.497 e. The van der Waals surface area contributed by atoms with E-state index in [0.717, 1.165) is 22.7 Å². The van der Waals surface area contributed by atoms with Crippen molar-refractivity contribution in [2.24, 2.45) is 7.05 Å². The summed E-state index contributed by atoms with van der Waals surface area (Å²) >= 11 is 6.52. The number of nitrogens with one attached hydrogen (secondary N) is 2. The summed E-state index contributed by atoms with van der Waals surface area (Å²) in [5, 5.41) is 18.7. The molecule has 2 amide bonds. The van der Waals surface area contributed by atoms with Gasteiger partial charge in [-0.15, -0.1) is 0 Å². The van der Waals surface area contributed by atoms with Gasteiger partial charge in [0.25, 0.3) is 0 Å². The molecule has 1 heterocycles. The van der Waals surface area contributed by atoms with Gasteiger partial charge in [-0.1, -0.05) is 23.7 Å². The highest BCUT2D eigenvalue weighted by atomic mass is 35.5. The number of fused-ring (bicyclic) bond motifs is 1. The van der Waals surface area contributed by atoms with Gasteiger partial charge in [-0.05, 0) is 47.5 Å². The summed E-state index contributed by atoms with van der Waals surface area (Å²) in [4.78, 5) is 24.7. The van der Waals surface area contributed by atoms with Crippen LogP contribution in [-0.2, 0) is 34.8 Å². The molecule has 3 N–H and O–H groups in total. The van der Waals surface area contributed by atoms with Crippen molar-refractivity contribution in [3.05, 3.63) is 82.4 Å². The maximum Gasteiger partial charge on any atom is 0.405 e. The fraction of sp³-hybridized carbons (Fsp3) is 0.222. The number of hydrogen-bond acceptors (Lipinski definition) is 6. The number of amides is 2. The van der Waals surface area contributed by atoms with Crippen molar-refractivity contribution in [3.63, 3.8) is 0 Å². The van der Waals surface area contributed by atoms with Crippen LogP contribution in [0.4, 0.5) is 25.1 Å². The summed E-state index contributed by atoms with van der Waals surface area (Å²) in [6, 6.07) is 10.9. The number of ether oxygens (including phenoxy) is 1. The number of sulfonamides is 1. The van der Waals surface area contributed by atoms with Crippen LogP contribution in [0.5, 0.6) is 5.75 Å². The van der Waals surface area contributed by atoms with Gasteiger partial charge in [-0.2, -0.15) is 5.10 Å². The molecule has 0 aliphatic heterocycles. The maximum atomic E-state index is 13.7. The molecule has 4 aromatic rings. The summed E-state index contributed by atoms with van der Waals surface area (Å²) in [5.41, 5.74) is 1.08. The van der Waals surface area contributed by atoms with Gasteiger partial charge in [0.15, 0.2) is 5.82 Å². The van der Waals surface area contributed by atoms with Gasteiger partial charge in [-0.25, -0.2) is 26.3 Å². The number of carboxylic acid groups (broad SMARTS) is 1. The topological polar surface area (TPSA) is 143 Å². The van der Waals surface area contributed by atoms with Gasteiger partial charge >= 0.3 is 6.09 Å². The number of nitrogens with zero attached hydrogens (tertiary/aromatic N) is 3. The molecule has 0 aliphatic rings. The van der Waals surface area contributed by atoms with Crippen molar-refractivity contribution in [2.45, 2.75) is 19.0 Å². The monoisotopic (exact) mass is 621 g/mol. The predicted octanol–water partition coefficient (Wildman–Crippen LogP) is 4.30. The predicted molar refractivity (Wildman–Crippen MR) is 153 cm³/mol. The van der Waals surface area contributed by atoms with E-state index in [1.54, 1.807) is 24.3 Å². The Morgan fingerprint density at radius 3 is 2.31 bits per heavy atom. The zero-order valence-electron chi connectivity index (χ0n) is 22.6. The Kier molecular flexibility index (Phi) is 8.87. The molecule has 0 spiro atoms. The van der Waals surface area contributed by atoms with Gasteiger partial charge in [0.05, 0.1) is 41.5 Å². The number of hydrogen-bond donors (Lipinski definition) is 3. The molecule has 3 aromatic carbocycles. The minimum Gasteiger partial charge on any atom is -0.497 e. The third-order valence-electron chi connectivity index (χ3n) is 6.28. The first-order chi connectivity index (χ1) is 19.8. The van der Waals surface area contributed by atoms with E-state index in [1.807, 2.05) is 0 Å². The van der Waals surface area contributed by atoms with Crippen molar-refractivity contribution in [3.8, 4) is 5.75 Å². The number of halogens is 3. The molecule has 4 rings (SSSR count). The molecule has 1 atom stereocenters. The highest BCUT2D eigenvalue weighted by Gasteiger charge is 2.28. The summed E-state index contributed by atoms with van der Waals surface area (Å²) < 4.78 is 60.8. The van der Waals surface area contributed by atoms with Crippen molar-refractivity contribution < 1.29 is 36.6 Å². The fourth-order valence-electron chi connectivity index (χ4n) is 4.42. The lowest BCUT2D eigenvalue weighted by Gasteiger charge is -2.21. The molecular formula is C27H26ClF2N5O6S. The lowest BCUT2D eigenvalue weighted by molar-refractivity contribution is -0.118. The van der Waals surface area contributed by atoms with E-state index in [-0.39, 0.29) is 46.0 Å². The third-order valence-corrected chi connectivity index (χ3v) is 7.69. The lowest BCUT2D eigenvalue weighted by atomic mass is 10.0. The Balaban J connectivity index is 1.72. The average Bonchev–Trinajstić information content (AvgIpc) is 3.24. The van der Waals surface area contributed by atoms with Crippen molar-refractivity contribution >= 4 is 56.0 Å². The summed E-state index contributed by atoms with van der Waals surface area (Å²) in [5.74, 6) is -2.01. The molecule has 1 aromatic heterocycles. The number of benzene rings is 3. The zero-order valence-corrected chi connectivity index (χ0v) is 24.1. The molecule has 11 nitrogen and oxygen atoms in total. The number of carbonyl (C=O) groups excluding carboxylic acids is 1. The molecule has 0 radical (unpaired) electrons. The smallest absolute Gasteiger partial charge is 0.405 e. The van der Waals surface area contributed by atoms with Crippen LogP contribution in [0, 0.1) is 11.6 Å². The van der Waals surface area contributed by atoms with Crippen LogP contribution >= 0.6 is 11.6 Å². The summed E-state index contributed by atoms with van der Waals surface area (Å²) in [7, 11) is -0.854. The first-order valence-electron chi connectivity index (χ1n) is 12.3. The minimum atomic E-state index is -3.89. The van der Waals surface area contributed by atoms with Crippen LogP contribution in [0.3, 0.4) is 0 Å². The summed E-state index contributed by atoms with van der Waals surface area (Å²) in [6.45, 7) is -0.0866. The molecule has 0 saturated heterocycles. The van der Waals surface area contributed by atoms with Crippen LogP contribution in [0.2, 0.25) is 5.02 Å². The van der Waals surface area contributed by atoms with Gasteiger partial charge < -0.3 is 20.5 Å². The Morgan fingerprint density at radius 1 is 1.10 bits per heavy atom. The van der Waals surface area contributed by atoms with Crippen molar-refractivity contribution in [1.82, 2.24) is 15.1 Å². The molecular weight excluding hydrogens is 596 g/mol. The first-order valence-corrected chi connectivity index (χ1v) is 14.5.